The topological polar surface area (TPSA) is 50.9 Å². The van der Waals surface area contributed by atoms with Crippen LogP contribution >= 0.6 is 12.2 Å². The minimum absolute atomic E-state index is 0.165. The molecule has 0 saturated carbocycles. The van der Waals surface area contributed by atoms with Crippen molar-refractivity contribution in [2.24, 2.45) is 11.1 Å². The smallest absolute Gasteiger partial charge is 0.107 e. The van der Waals surface area contributed by atoms with Gasteiger partial charge in [-0.2, -0.15) is 0 Å². The summed E-state index contributed by atoms with van der Waals surface area (Å²) in [6.45, 7) is 12.7. The quantitative estimate of drug-likeness (QED) is 0.824. The Bertz CT molecular complexity index is 461. The van der Waals surface area contributed by atoms with E-state index in [9.17, 15) is 0 Å². The minimum atomic E-state index is 0.165. The highest BCUT2D eigenvalue weighted by Crippen LogP contribution is 2.26. The molecular weight excluding hydrogens is 242 g/mol. The second kappa shape index (κ2) is 5.22. The lowest BCUT2D eigenvalue weighted by Gasteiger charge is -2.30. The maximum absolute atomic E-state index is 5.80. The van der Waals surface area contributed by atoms with Crippen molar-refractivity contribution in [1.29, 1.82) is 0 Å². The molecular formula is C14H23N3S. The average molecular weight is 265 g/mol. The Morgan fingerprint density at radius 2 is 1.94 bits per heavy atom. The monoisotopic (exact) mass is 265 g/mol. The van der Waals surface area contributed by atoms with Gasteiger partial charge in [0.1, 0.15) is 4.99 Å². The van der Waals surface area contributed by atoms with E-state index in [4.69, 9.17) is 18.0 Å². The Morgan fingerprint density at radius 1 is 1.39 bits per heavy atom. The van der Waals surface area contributed by atoms with Crippen molar-refractivity contribution in [2.45, 2.75) is 47.6 Å². The summed E-state index contributed by atoms with van der Waals surface area (Å²) >= 11 is 5.12. The third kappa shape index (κ3) is 3.42. The molecule has 3 N–H and O–H groups in total. The molecule has 0 aliphatic carbocycles. The molecule has 1 rings (SSSR count). The lowest BCUT2D eigenvalue weighted by atomic mass is 9.87. The summed E-state index contributed by atoms with van der Waals surface area (Å²) in [5.41, 5.74) is 9.65. The van der Waals surface area contributed by atoms with Crippen molar-refractivity contribution in [2.75, 3.05) is 5.32 Å². The van der Waals surface area contributed by atoms with Crippen LogP contribution in [0.5, 0.6) is 0 Å². The zero-order valence-electron chi connectivity index (χ0n) is 12.1. The van der Waals surface area contributed by atoms with E-state index < -0.39 is 0 Å². The zero-order chi connectivity index (χ0) is 14.1. The van der Waals surface area contributed by atoms with Gasteiger partial charge in [-0.3, -0.25) is 4.98 Å². The Hall–Kier alpha value is -1.16. The van der Waals surface area contributed by atoms with Gasteiger partial charge in [-0.1, -0.05) is 33.0 Å². The molecule has 1 heterocycles. The first kappa shape index (κ1) is 14.9. The second-order valence-electron chi connectivity index (χ2n) is 5.87. The van der Waals surface area contributed by atoms with E-state index in [1.54, 1.807) is 0 Å². The molecule has 4 heteroatoms. The van der Waals surface area contributed by atoms with Crippen molar-refractivity contribution < 1.29 is 0 Å². The molecule has 0 aromatic carbocycles. The van der Waals surface area contributed by atoms with E-state index >= 15 is 0 Å². The third-order valence-corrected chi connectivity index (χ3v) is 3.45. The maximum atomic E-state index is 5.80. The van der Waals surface area contributed by atoms with E-state index in [2.05, 4.69) is 38.0 Å². The van der Waals surface area contributed by atoms with Gasteiger partial charge >= 0.3 is 0 Å². The highest BCUT2D eigenvalue weighted by Gasteiger charge is 2.21. The maximum Gasteiger partial charge on any atom is 0.107 e. The molecule has 0 fully saturated rings. The number of rotatable bonds is 3. The van der Waals surface area contributed by atoms with Gasteiger partial charge in [0, 0.05) is 23.1 Å². The lowest BCUT2D eigenvalue weighted by molar-refractivity contribution is 0.359. The fourth-order valence-electron chi connectivity index (χ4n) is 1.70. The molecule has 1 aromatic heterocycles. The Morgan fingerprint density at radius 3 is 2.39 bits per heavy atom. The van der Waals surface area contributed by atoms with E-state index in [1.165, 1.54) is 0 Å². The largest absolute Gasteiger partial charge is 0.389 e. The first-order valence-corrected chi connectivity index (χ1v) is 6.58. The summed E-state index contributed by atoms with van der Waals surface area (Å²) in [4.78, 5) is 4.81. The van der Waals surface area contributed by atoms with Crippen LogP contribution in [0.3, 0.4) is 0 Å². The van der Waals surface area contributed by atoms with E-state index in [-0.39, 0.29) is 5.41 Å². The molecule has 100 valence electrons. The van der Waals surface area contributed by atoms with Crippen molar-refractivity contribution in [1.82, 2.24) is 4.98 Å². The van der Waals surface area contributed by atoms with Crippen LogP contribution in [0.1, 0.15) is 44.6 Å². The van der Waals surface area contributed by atoms with Gasteiger partial charge < -0.3 is 11.1 Å². The van der Waals surface area contributed by atoms with Crippen LogP contribution in [0.15, 0.2) is 6.07 Å². The van der Waals surface area contributed by atoms with Crippen LogP contribution in [0, 0.1) is 19.3 Å². The number of hydrogen-bond donors (Lipinski definition) is 2. The second-order valence-corrected chi connectivity index (χ2v) is 6.31. The number of nitrogens with two attached hydrogens (primary N) is 1. The van der Waals surface area contributed by atoms with E-state index in [0.29, 0.717) is 11.0 Å². The molecule has 1 aromatic rings. The molecule has 3 nitrogen and oxygen atoms in total. The molecule has 1 atom stereocenters. The predicted molar refractivity (Wildman–Crippen MR) is 82.1 cm³/mol. The number of nitrogens with one attached hydrogen (secondary N) is 1. The predicted octanol–water partition coefficient (Wildman–Crippen LogP) is 3.18. The number of aromatic nitrogens is 1. The molecule has 0 radical (unpaired) electrons. The van der Waals surface area contributed by atoms with Crippen LogP contribution in [-0.4, -0.2) is 16.0 Å². The summed E-state index contributed by atoms with van der Waals surface area (Å²) in [7, 11) is 0. The van der Waals surface area contributed by atoms with Gasteiger partial charge in [-0.25, -0.2) is 0 Å². The standard InChI is InChI=1S/C14H23N3S/c1-8-7-11(17-10(3)14(4,5)6)12(13(15)18)9(2)16-8/h7,10H,1-6H3,(H2,15,18)(H,16,17). The molecule has 0 bridgehead atoms. The normalized spacial score (nSPS) is 13.2. The molecule has 0 saturated heterocycles. The lowest BCUT2D eigenvalue weighted by Crippen LogP contribution is -2.32. The zero-order valence-corrected chi connectivity index (χ0v) is 12.9. The first-order valence-electron chi connectivity index (χ1n) is 6.17. The average Bonchev–Trinajstić information content (AvgIpc) is 2.13. The van der Waals surface area contributed by atoms with Gasteiger partial charge in [0.15, 0.2) is 0 Å². The molecule has 0 amide bonds. The number of anilines is 1. The highest BCUT2D eigenvalue weighted by molar-refractivity contribution is 7.80. The molecule has 0 aliphatic heterocycles. The van der Waals surface area contributed by atoms with Gasteiger partial charge in [0.2, 0.25) is 0 Å². The number of nitrogens with zero attached hydrogens (tertiary/aromatic N) is 1. The summed E-state index contributed by atoms with van der Waals surface area (Å²) in [5.74, 6) is 0. The van der Waals surface area contributed by atoms with Gasteiger partial charge in [0.05, 0.1) is 5.56 Å². The highest BCUT2D eigenvalue weighted by atomic mass is 32.1. The first-order chi connectivity index (χ1) is 8.12. The Kier molecular flexibility index (Phi) is 4.32. The van der Waals surface area contributed by atoms with Crippen LogP contribution in [0.2, 0.25) is 0 Å². The van der Waals surface area contributed by atoms with E-state index in [0.717, 1.165) is 22.6 Å². The SMILES string of the molecule is Cc1cc(NC(C)C(C)(C)C)c(C(N)=S)c(C)n1. The van der Waals surface area contributed by atoms with Gasteiger partial charge in [0.25, 0.3) is 0 Å². The van der Waals surface area contributed by atoms with E-state index in [1.807, 2.05) is 19.9 Å². The fraction of sp³-hybridized carbons (Fsp3) is 0.571. The Balaban J connectivity index is 3.19. The van der Waals surface area contributed by atoms with Crippen molar-refractivity contribution in [3.8, 4) is 0 Å². The minimum Gasteiger partial charge on any atom is -0.389 e. The molecule has 1 unspecified atom stereocenters. The van der Waals surface area contributed by atoms with Gasteiger partial charge in [-0.05, 0) is 32.3 Å². The van der Waals surface area contributed by atoms with Crippen LogP contribution in [0.4, 0.5) is 5.69 Å². The van der Waals surface area contributed by atoms with Crippen LogP contribution in [0.25, 0.3) is 0 Å². The number of aryl methyl sites for hydroxylation is 2. The van der Waals surface area contributed by atoms with Gasteiger partial charge in [-0.15, -0.1) is 0 Å². The number of hydrogen-bond acceptors (Lipinski definition) is 3. The molecule has 0 aliphatic rings. The van der Waals surface area contributed by atoms with Crippen molar-refractivity contribution in [3.05, 3.63) is 23.0 Å². The Labute approximate surface area is 115 Å². The fourth-order valence-corrected chi connectivity index (χ4v) is 1.96. The van der Waals surface area contributed by atoms with Crippen molar-refractivity contribution >= 4 is 22.9 Å². The summed E-state index contributed by atoms with van der Waals surface area (Å²) in [5, 5.41) is 3.51. The van der Waals surface area contributed by atoms with Crippen LogP contribution in [-0.2, 0) is 0 Å². The van der Waals surface area contributed by atoms with Crippen molar-refractivity contribution in [3.63, 3.8) is 0 Å². The number of pyridine rings is 1. The third-order valence-electron chi connectivity index (χ3n) is 3.25. The summed E-state index contributed by atoms with van der Waals surface area (Å²) in [6, 6.07) is 2.32. The summed E-state index contributed by atoms with van der Waals surface area (Å²) < 4.78 is 0. The molecule has 0 spiro atoms. The molecule has 18 heavy (non-hydrogen) atoms. The summed E-state index contributed by atoms with van der Waals surface area (Å²) in [6.07, 6.45) is 0. The number of thiocarbonyl (C=S) groups is 1. The van der Waals surface area contributed by atoms with Crippen LogP contribution < -0.4 is 11.1 Å².